The number of hydrogen-bond acceptors (Lipinski definition) is 6. The molecule has 0 aliphatic rings. The molecule has 0 fully saturated rings. The first-order valence-electron chi connectivity index (χ1n) is 10.9. The maximum absolute atomic E-state index is 13.4. The number of aliphatic hydroxyl groups is 1. The van der Waals surface area contributed by atoms with E-state index in [1.165, 1.54) is 43.1 Å². The fraction of sp³-hybridized carbons (Fsp3) is 0.240. The molecule has 8 nitrogen and oxygen atoms in total. The van der Waals surface area contributed by atoms with Crippen LogP contribution in [0.3, 0.4) is 0 Å². The Kier molecular flexibility index (Phi) is 6.59. The van der Waals surface area contributed by atoms with E-state index >= 15 is 0 Å². The third-order valence-corrected chi connectivity index (χ3v) is 5.65. The Balaban J connectivity index is 1.57. The Labute approximate surface area is 203 Å². The number of benzene rings is 1. The van der Waals surface area contributed by atoms with Crippen molar-refractivity contribution in [2.45, 2.75) is 32.0 Å². The summed E-state index contributed by atoms with van der Waals surface area (Å²) in [6, 6.07) is 5.96. The summed E-state index contributed by atoms with van der Waals surface area (Å²) in [4.78, 5) is 38.1. The third kappa shape index (κ3) is 5.10. The summed E-state index contributed by atoms with van der Waals surface area (Å²) in [5.41, 5.74) is -0.212. The van der Waals surface area contributed by atoms with Crippen LogP contribution in [0.4, 0.5) is 18.9 Å². The van der Waals surface area contributed by atoms with E-state index in [1.807, 2.05) is 0 Å². The van der Waals surface area contributed by atoms with Crippen molar-refractivity contribution in [2.24, 2.45) is 0 Å². The molecule has 0 spiro atoms. The number of amides is 1. The SMILES string of the molecule is CC(C)(CO)n1cc(C(=O)c2cncc(NC(=O)Cc3cccc(C(F)(F)F)c3)c2)c2cncnc21. The van der Waals surface area contributed by atoms with Gasteiger partial charge in [0.25, 0.3) is 0 Å². The fourth-order valence-electron chi connectivity index (χ4n) is 3.72. The lowest BCUT2D eigenvalue weighted by molar-refractivity contribution is -0.137. The molecule has 0 bridgehead atoms. The molecule has 2 N–H and O–H groups in total. The smallest absolute Gasteiger partial charge is 0.394 e. The number of nitrogens with one attached hydrogen (secondary N) is 1. The number of nitrogens with zero attached hydrogens (tertiary/aromatic N) is 4. The lowest BCUT2D eigenvalue weighted by atomic mass is 10.1. The number of ketones is 1. The molecule has 11 heteroatoms. The zero-order valence-corrected chi connectivity index (χ0v) is 19.4. The van der Waals surface area contributed by atoms with Crippen molar-refractivity contribution in [1.82, 2.24) is 19.5 Å². The van der Waals surface area contributed by atoms with Crippen LogP contribution in [-0.2, 0) is 22.9 Å². The van der Waals surface area contributed by atoms with Crippen LogP contribution in [-0.4, -0.2) is 42.9 Å². The number of carbonyl (C=O) groups is 2. The fourth-order valence-corrected chi connectivity index (χ4v) is 3.72. The van der Waals surface area contributed by atoms with Gasteiger partial charge in [-0.25, -0.2) is 9.97 Å². The zero-order valence-electron chi connectivity index (χ0n) is 19.4. The number of aliphatic hydroxyl groups excluding tert-OH is 1. The molecule has 0 saturated heterocycles. The highest BCUT2D eigenvalue weighted by molar-refractivity contribution is 6.16. The number of rotatable bonds is 7. The van der Waals surface area contributed by atoms with E-state index in [1.54, 1.807) is 24.6 Å². The van der Waals surface area contributed by atoms with E-state index in [9.17, 15) is 27.9 Å². The van der Waals surface area contributed by atoms with Crippen LogP contribution in [0.2, 0.25) is 0 Å². The summed E-state index contributed by atoms with van der Waals surface area (Å²) in [7, 11) is 0. The van der Waals surface area contributed by atoms with Gasteiger partial charge in [-0.2, -0.15) is 13.2 Å². The van der Waals surface area contributed by atoms with Gasteiger partial charge in [-0.15, -0.1) is 0 Å². The molecule has 4 aromatic rings. The number of pyridine rings is 1. The van der Waals surface area contributed by atoms with Gasteiger partial charge in [0, 0.05) is 29.5 Å². The first-order valence-corrected chi connectivity index (χ1v) is 10.9. The maximum Gasteiger partial charge on any atom is 0.416 e. The molecule has 36 heavy (non-hydrogen) atoms. The van der Waals surface area contributed by atoms with Gasteiger partial charge in [0.05, 0.1) is 41.6 Å². The van der Waals surface area contributed by atoms with Crippen molar-refractivity contribution < 1.29 is 27.9 Å². The quantitative estimate of drug-likeness (QED) is 0.374. The molecule has 0 saturated carbocycles. The highest BCUT2D eigenvalue weighted by Crippen LogP contribution is 2.30. The Bertz CT molecular complexity index is 1450. The molecule has 0 unspecified atom stereocenters. The molecule has 0 aliphatic heterocycles. The van der Waals surface area contributed by atoms with Gasteiger partial charge in [-0.05, 0) is 31.5 Å². The van der Waals surface area contributed by atoms with Crippen molar-refractivity contribution in [3.05, 3.63) is 83.7 Å². The number of fused-ring (bicyclic) bond motifs is 1. The second kappa shape index (κ2) is 9.50. The standard InChI is InChI=1S/C25H22F3N5O3/c1-24(2,13-34)33-12-20(19-11-30-14-31-23(19)33)22(36)16-8-18(10-29-9-16)32-21(35)7-15-4-3-5-17(6-15)25(26,27)28/h3-6,8-12,14,34H,7,13H2,1-2H3,(H,32,35). The highest BCUT2D eigenvalue weighted by atomic mass is 19.4. The van der Waals surface area contributed by atoms with Crippen molar-refractivity contribution in [1.29, 1.82) is 0 Å². The molecule has 0 radical (unpaired) electrons. The topological polar surface area (TPSA) is 110 Å². The van der Waals surface area contributed by atoms with Crippen molar-refractivity contribution >= 4 is 28.4 Å². The van der Waals surface area contributed by atoms with Crippen molar-refractivity contribution in [3.8, 4) is 0 Å². The van der Waals surface area contributed by atoms with Crippen LogP contribution in [0.25, 0.3) is 11.0 Å². The van der Waals surface area contributed by atoms with Gasteiger partial charge in [0.2, 0.25) is 5.91 Å². The van der Waals surface area contributed by atoms with Crippen LogP contribution >= 0.6 is 0 Å². The van der Waals surface area contributed by atoms with Gasteiger partial charge < -0.3 is 15.0 Å². The summed E-state index contributed by atoms with van der Waals surface area (Å²) >= 11 is 0. The molecule has 1 amide bonds. The summed E-state index contributed by atoms with van der Waals surface area (Å²) in [5.74, 6) is -0.959. The molecule has 186 valence electrons. The summed E-state index contributed by atoms with van der Waals surface area (Å²) in [5, 5.41) is 12.9. The van der Waals surface area contributed by atoms with Gasteiger partial charge in [-0.1, -0.05) is 18.2 Å². The van der Waals surface area contributed by atoms with Crippen molar-refractivity contribution in [3.63, 3.8) is 0 Å². The van der Waals surface area contributed by atoms with Crippen LogP contribution < -0.4 is 5.32 Å². The minimum absolute atomic E-state index is 0.177. The third-order valence-electron chi connectivity index (χ3n) is 5.65. The van der Waals surface area contributed by atoms with E-state index in [2.05, 4.69) is 20.3 Å². The Hall–Kier alpha value is -4.12. The van der Waals surface area contributed by atoms with E-state index in [4.69, 9.17) is 0 Å². The summed E-state index contributed by atoms with van der Waals surface area (Å²) in [6.07, 6.45) is 2.33. The number of alkyl halides is 3. The number of halogens is 3. The lowest BCUT2D eigenvalue weighted by Gasteiger charge is -2.24. The predicted molar refractivity (Wildman–Crippen MR) is 125 cm³/mol. The van der Waals surface area contributed by atoms with Crippen LogP contribution in [0.1, 0.15) is 40.9 Å². The summed E-state index contributed by atoms with van der Waals surface area (Å²) < 4.78 is 40.5. The van der Waals surface area contributed by atoms with E-state index in [0.29, 0.717) is 16.6 Å². The number of anilines is 1. The molecule has 3 heterocycles. The van der Waals surface area contributed by atoms with E-state index < -0.39 is 29.0 Å². The molecule has 4 rings (SSSR count). The van der Waals surface area contributed by atoms with E-state index in [0.717, 1.165) is 12.1 Å². The average Bonchev–Trinajstić information content (AvgIpc) is 3.24. The van der Waals surface area contributed by atoms with Gasteiger partial charge in [-0.3, -0.25) is 14.6 Å². The second-order valence-electron chi connectivity index (χ2n) is 8.86. The van der Waals surface area contributed by atoms with Crippen LogP contribution in [0.5, 0.6) is 0 Å². The maximum atomic E-state index is 13.4. The zero-order chi connectivity index (χ0) is 26.1. The largest absolute Gasteiger partial charge is 0.416 e. The minimum Gasteiger partial charge on any atom is -0.394 e. The summed E-state index contributed by atoms with van der Waals surface area (Å²) in [6.45, 7) is 3.40. The monoisotopic (exact) mass is 497 g/mol. The Morgan fingerprint density at radius 3 is 2.58 bits per heavy atom. The molecular formula is C25H22F3N5O3. The first kappa shape index (κ1) is 25.0. The molecule has 3 aromatic heterocycles. The van der Waals surface area contributed by atoms with Crippen molar-refractivity contribution in [2.75, 3.05) is 11.9 Å². The Morgan fingerprint density at radius 1 is 1.08 bits per heavy atom. The second-order valence-corrected chi connectivity index (χ2v) is 8.86. The number of aromatic nitrogens is 4. The lowest BCUT2D eigenvalue weighted by Crippen LogP contribution is -2.30. The number of carbonyl (C=O) groups excluding carboxylic acids is 2. The molecule has 0 atom stereocenters. The average molecular weight is 497 g/mol. The van der Waals surface area contributed by atoms with Crippen LogP contribution in [0.15, 0.2) is 61.4 Å². The van der Waals surface area contributed by atoms with Crippen LogP contribution in [0, 0.1) is 0 Å². The minimum atomic E-state index is -4.51. The van der Waals surface area contributed by atoms with Gasteiger partial charge in [0.15, 0.2) is 5.78 Å². The predicted octanol–water partition coefficient (Wildman–Crippen LogP) is 3.98. The first-order chi connectivity index (χ1) is 17.0. The van der Waals surface area contributed by atoms with Gasteiger partial charge >= 0.3 is 6.18 Å². The molecule has 1 aromatic carbocycles. The van der Waals surface area contributed by atoms with Gasteiger partial charge in [0.1, 0.15) is 12.0 Å². The number of hydrogen-bond donors (Lipinski definition) is 2. The Morgan fingerprint density at radius 2 is 1.86 bits per heavy atom. The highest BCUT2D eigenvalue weighted by Gasteiger charge is 2.30. The normalized spacial score (nSPS) is 12.1. The van der Waals surface area contributed by atoms with E-state index in [-0.39, 0.29) is 29.8 Å². The molecular weight excluding hydrogens is 475 g/mol. The molecule has 0 aliphatic carbocycles.